The van der Waals surface area contributed by atoms with Crippen molar-refractivity contribution in [3.63, 3.8) is 0 Å². The third kappa shape index (κ3) is 4.78. The number of nitrogens with zero attached hydrogens (tertiary/aromatic N) is 1. The number of methoxy groups -OCH3 is 1. The molecule has 0 saturated heterocycles. The van der Waals surface area contributed by atoms with E-state index in [-0.39, 0.29) is 0 Å². The van der Waals surface area contributed by atoms with Crippen LogP contribution >= 0.6 is 15.9 Å². The van der Waals surface area contributed by atoms with E-state index in [4.69, 9.17) is 9.47 Å². The number of hydrogen-bond donors (Lipinski definition) is 2. The second-order valence-electron chi connectivity index (χ2n) is 6.67. The van der Waals surface area contributed by atoms with Gasteiger partial charge in [0.25, 0.3) is 0 Å². The van der Waals surface area contributed by atoms with Gasteiger partial charge in [-0.15, -0.1) is 0 Å². The second-order valence-corrected chi connectivity index (χ2v) is 7.53. The monoisotopic (exact) mass is 451 g/mol. The highest BCUT2D eigenvalue weighted by molar-refractivity contribution is 9.10. The standard InChI is InChI=1S/C23H22BrN3O2/c1-28-21-11-17(13-25-14-23-26-19-9-5-6-10-20(19)27-23)18(24)12-22(21)29-15-16-7-3-2-4-8-16/h2-12,25H,13-15H2,1H3,(H,26,27). The van der Waals surface area contributed by atoms with E-state index < -0.39 is 0 Å². The molecule has 0 saturated carbocycles. The van der Waals surface area contributed by atoms with Crippen molar-refractivity contribution in [2.75, 3.05) is 7.11 Å². The van der Waals surface area contributed by atoms with Gasteiger partial charge in [0.1, 0.15) is 12.4 Å². The topological polar surface area (TPSA) is 59.2 Å². The van der Waals surface area contributed by atoms with Gasteiger partial charge in [-0.05, 0) is 35.4 Å². The summed E-state index contributed by atoms with van der Waals surface area (Å²) in [6.45, 7) is 1.82. The number of ether oxygens (including phenoxy) is 2. The largest absolute Gasteiger partial charge is 0.493 e. The number of rotatable bonds is 8. The molecule has 1 heterocycles. The van der Waals surface area contributed by atoms with Crippen molar-refractivity contribution < 1.29 is 9.47 Å². The van der Waals surface area contributed by atoms with Gasteiger partial charge in [0.05, 0.1) is 24.7 Å². The van der Waals surface area contributed by atoms with Crippen molar-refractivity contribution in [3.8, 4) is 11.5 Å². The van der Waals surface area contributed by atoms with Crippen LogP contribution in [0.1, 0.15) is 17.0 Å². The van der Waals surface area contributed by atoms with Crippen LogP contribution in [0.5, 0.6) is 11.5 Å². The number of fused-ring (bicyclic) bond motifs is 1. The summed E-state index contributed by atoms with van der Waals surface area (Å²) in [4.78, 5) is 7.92. The molecule has 2 N–H and O–H groups in total. The third-order valence-corrected chi connectivity index (χ3v) is 5.35. The van der Waals surface area contributed by atoms with E-state index in [1.165, 1.54) is 0 Å². The van der Waals surface area contributed by atoms with Crippen LogP contribution < -0.4 is 14.8 Å². The van der Waals surface area contributed by atoms with Crippen LogP contribution in [0.25, 0.3) is 11.0 Å². The lowest BCUT2D eigenvalue weighted by atomic mass is 10.2. The van der Waals surface area contributed by atoms with Crippen LogP contribution in [0.15, 0.2) is 71.2 Å². The van der Waals surface area contributed by atoms with E-state index in [9.17, 15) is 0 Å². The lowest BCUT2D eigenvalue weighted by Crippen LogP contribution is -2.14. The van der Waals surface area contributed by atoms with E-state index in [1.54, 1.807) is 7.11 Å². The molecule has 148 valence electrons. The van der Waals surface area contributed by atoms with Crippen LogP contribution in [0.4, 0.5) is 0 Å². The Morgan fingerprint density at radius 2 is 1.76 bits per heavy atom. The molecule has 6 heteroatoms. The molecule has 0 unspecified atom stereocenters. The first-order valence-corrected chi connectivity index (χ1v) is 10.2. The first-order valence-electron chi connectivity index (χ1n) is 9.40. The van der Waals surface area contributed by atoms with Crippen LogP contribution in [0.2, 0.25) is 0 Å². The molecule has 29 heavy (non-hydrogen) atoms. The molecule has 0 radical (unpaired) electrons. The molecule has 0 amide bonds. The molecule has 0 fully saturated rings. The summed E-state index contributed by atoms with van der Waals surface area (Å²) in [5.41, 5.74) is 4.23. The van der Waals surface area contributed by atoms with Gasteiger partial charge in [-0.25, -0.2) is 4.98 Å². The zero-order chi connectivity index (χ0) is 20.1. The number of para-hydroxylation sites is 2. The number of aromatic amines is 1. The van der Waals surface area contributed by atoms with Crippen molar-refractivity contribution in [3.05, 3.63) is 88.2 Å². The Kier molecular flexibility index (Phi) is 6.12. The number of hydrogen-bond acceptors (Lipinski definition) is 4. The summed E-state index contributed by atoms with van der Waals surface area (Å²) < 4.78 is 12.5. The van der Waals surface area contributed by atoms with Gasteiger partial charge in [-0.1, -0.05) is 58.4 Å². The van der Waals surface area contributed by atoms with Gasteiger partial charge in [-0.2, -0.15) is 0 Å². The van der Waals surface area contributed by atoms with Crippen LogP contribution in [0, 0.1) is 0 Å². The molecule has 4 rings (SSSR count). The van der Waals surface area contributed by atoms with Crippen LogP contribution in [-0.4, -0.2) is 17.1 Å². The third-order valence-electron chi connectivity index (χ3n) is 4.62. The molecule has 1 aromatic heterocycles. The number of imidazole rings is 1. The first kappa shape index (κ1) is 19.5. The quantitative estimate of drug-likeness (QED) is 0.386. The van der Waals surface area contributed by atoms with Crippen LogP contribution in [-0.2, 0) is 19.7 Å². The van der Waals surface area contributed by atoms with Gasteiger partial charge < -0.3 is 19.8 Å². The maximum atomic E-state index is 5.97. The van der Waals surface area contributed by atoms with Crippen molar-refractivity contribution in [2.24, 2.45) is 0 Å². The lowest BCUT2D eigenvalue weighted by molar-refractivity contribution is 0.284. The molecule has 0 spiro atoms. The van der Waals surface area contributed by atoms with E-state index >= 15 is 0 Å². The number of H-pyrrole nitrogens is 1. The molecule has 0 aliphatic rings. The average molecular weight is 452 g/mol. The van der Waals surface area contributed by atoms with E-state index in [0.717, 1.165) is 32.5 Å². The van der Waals surface area contributed by atoms with Gasteiger partial charge in [0, 0.05) is 11.0 Å². The van der Waals surface area contributed by atoms with Gasteiger partial charge >= 0.3 is 0 Å². The Labute approximate surface area is 178 Å². The number of aromatic nitrogens is 2. The van der Waals surface area contributed by atoms with E-state index in [2.05, 4.69) is 31.2 Å². The number of halogens is 1. The fraction of sp³-hybridized carbons (Fsp3) is 0.174. The smallest absolute Gasteiger partial charge is 0.162 e. The molecule has 0 aliphatic carbocycles. The lowest BCUT2D eigenvalue weighted by Gasteiger charge is -2.14. The molecule has 0 aliphatic heterocycles. The van der Waals surface area contributed by atoms with Crippen molar-refractivity contribution >= 4 is 27.0 Å². The summed E-state index contributed by atoms with van der Waals surface area (Å²) in [6.07, 6.45) is 0. The molecular formula is C23H22BrN3O2. The minimum atomic E-state index is 0.493. The number of nitrogens with one attached hydrogen (secondary N) is 2. The second kappa shape index (κ2) is 9.11. The molecule has 3 aromatic carbocycles. The Balaban J connectivity index is 1.40. The average Bonchev–Trinajstić information content (AvgIpc) is 3.17. The summed E-state index contributed by atoms with van der Waals surface area (Å²) in [7, 11) is 1.66. The molecule has 5 nitrogen and oxygen atoms in total. The van der Waals surface area contributed by atoms with Gasteiger partial charge in [0.2, 0.25) is 0 Å². The Hall–Kier alpha value is -2.83. The summed E-state index contributed by atoms with van der Waals surface area (Å²) in [5, 5.41) is 3.43. The van der Waals surface area contributed by atoms with E-state index in [1.807, 2.05) is 66.7 Å². The Morgan fingerprint density at radius 3 is 2.55 bits per heavy atom. The molecular weight excluding hydrogens is 430 g/mol. The van der Waals surface area contributed by atoms with E-state index in [0.29, 0.717) is 31.2 Å². The Bertz CT molecular complexity index is 1060. The maximum absolute atomic E-state index is 5.97. The summed E-state index contributed by atoms with van der Waals surface area (Å²) in [5.74, 6) is 2.34. The minimum absolute atomic E-state index is 0.493. The highest BCUT2D eigenvalue weighted by atomic mass is 79.9. The zero-order valence-electron chi connectivity index (χ0n) is 16.1. The minimum Gasteiger partial charge on any atom is -0.493 e. The molecule has 4 aromatic rings. The van der Waals surface area contributed by atoms with Crippen molar-refractivity contribution in [1.29, 1.82) is 0 Å². The fourth-order valence-electron chi connectivity index (χ4n) is 3.13. The predicted octanol–water partition coefficient (Wildman–Crippen LogP) is 5.20. The molecule has 0 bridgehead atoms. The van der Waals surface area contributed by atoms with Gasteiger partial charge in [0.15, 0.2) is 11.5 Å². The SMILES string of the molecule is COc1cc(CNCc2nc3ccccc3[nH]2)c(Br)cc1OCc1ccccc1. The number of benzene rings is 3. The van der Waals surface area contributed by atoms with Crippen LogP contribution in [0.3, 0.4) is 0 Å². The zero-order valence-corrected chi connectivity index (χ0v) is 17.7. The normalized spacial score (nSPS) is 11.0. The predicted molar refractivity (Wildman–Crippen MR) is 118 cm³/mol. The maximum Gasteiger partial charge on any atom is 0.162 e. The highest BCUT2D eigenvalue weighted by Gasteiger charge is 2.11. The van der Waals surface area contributed by atoms with Crippen molar-refractivity contribution in [2.45, 2.75) is 19.7 Å². The summed E-state index contributed by atoms with van der Waals surface area (Å²) >= 11 is 3.65. The summed E-state index contributed by atoms with van der Waals surface area (Å²) in [6, 6.07) is 22.1. The fourth-order valence-corrected chi connectivity index (χ4v) is 3.59. The molecule has 0 atom stereocenters. The highest BCUT2D eigenvalue weighted by Crippen LogP contribution is 2.34. The Morgan fingerprint density at radius 1 is 0.966 bits per heavy atom. The van der Waals surface area contributed by atoms with Crippen molar-refractivity contribution in [1.82, 2.24) is 15.3 Å². The first-order chi connectivity index (χ1) is 14.2. The van der Waals surface area contributed by atoms with Gasteiger partial charge in [-0.3, -0.25) is 0 Å².